The van der Waals surface area contributed by atoms with Crippen LogP contribution in [-0.4, -0.2) is 9.97 Å². The predicted molar refractivity (Wildman–Crippen MR) is 85.7 cm³/mol. The molecule has 106 valence electrons. The van der Waals surface area contributed by atoms with E-state index in [1.807, 2.05) is 32.0 Å². The minimum Gasteiger partial charge on any atom is -0.232 e. The number of hydrogen-bond acceptors (Lipinski definition) is 2. The average molecular weight is 309 g/mol. The molecule has 0 aliphatic carbocycles. The molecule has 0 saturated heterocycles. The Kier molecular flexibility index (Phi) is 4.08. The van der Waals surface area contributed by atoms with Gasteiger partial charge in [0.15, 0.2) is 0 Å². The molecule has 1 aromatic heterocycles. The number of aromatic nitrogens is 2. The van der Waals surface area contributed by atoms with E-state index in [4.69, 9.17) is 28.2 Å². The van der Waals surface area contributed by atoms with Crippen LogP contribution in [-0.2, 0) is 5.41 Å². The summed E-state index contributed by atoms with van der Waals surface area (Å²) in [5.74, 6) is 0.736. The third-order valence-electron chi connectivity index (χ3n) is 3.20. The normalized spacial score (nSPS) is 11.8. The molecule has 0 atom stereocenters. The van der Waals surface area contributed by atoms with Crippen molar-refractivity contribution in [2.24, 2.45) is 0 Å². The van der Waals surface area contributed by atoms with Gasteiger partial charge in [0.05, 0.1) is 5.69 Å². The molecule has 0 aliphatic heterocycles. The molecule has 0 aliphatic rings. The summed E-state index contributed by atoms with van der Waals surface area (Å²) in [6, 6.07) is 5.93. The van der Waals surface area contributed by atoms with Crippen LogP contribution >= 0.6 is 23.2 Å². The van der Waals surface area contributed by atoms with Crippen molar-refractivity contribution in [1.82, 2.24) is 9.97 Å². The second kappa shape index (κ2) is 5.34. The summed E-state index contributed by atoms with van der Waals surface area (Å²) in [5.41, 5.74) is 3.58. The van der Waals surface area contributed by atoms with E-state index in [1.54, 1.807) is 0 Å². The first-order chi connectivity index (χ1) is 9.20. The van der Waals surface area contributed by atoms with E-state index in [1.165, 1.54) is 0 Å². The number of hydrogen-bond donors (Lipinski definition) is 0. The zero-order valence-electron chi connectivity index (χ0n) is 12.4. The highest BCUT2D eigenvalue weighted by Crippen LogP contribution is 2.31. The molecule has 0 spiro atoms. The summed E-state index contributed by atoms with van der Waals surface area (Å²) in [6.07, 6.45) is 0. The van der Waals surface area contributed by atoms with E-state index in [9.17, 15) is 0 Å². The molecule has 4 heteroatoms. The van der Waals surface area contributed by atoms with Gasteiger partial charge in [-0.25, -0.2) is 9.97 Å². The molecule has 1 aromatic carbocycles. The van der Waals surface area contributed by atoms with Crippen molar-refractivity contribution in [3.8, 4) is 11.3 Å². The third kappa shape index (κ3) is 2.97. The highest BCUT2D eigenvalue weighted by atomic mass is 35.5. The van der Waals surface area contributed by atoms with E-state index in [2.05, 4.69) is 25.8 Å². The Morgan fingerprint density at radius 1 is 1.00 bits per heavy atom. The lowest BCUT2D eigenvalue weighted by Crippen LogP contribution is -2.17. The van der Waals surface area contributed by atoms with Gasteiger partial charge in [0.2, 0.25) is 0 Å². The Bertz CT molecular complexity index is 658. The van der Waals surface area contributed by atoms with E-state index in [0.29, 0.717) is 5.15 Å². The largest absolute Gasteiger partial charge is 0.232 e. The van der Waals surface area contributed by atoms with Crippen LogP contribution in [0.25, 0.3) is 11.3 Å². The molecule has 0 amide bonds. The molecule has 2 aromatic rings. The molecule has 0 saturated carbocycles. The molecule has 2 nitrogen and oxygen atoms in total. The summed E-state index contributed by atoms with van der Waals surface area (Å²) in [4.78, 5) is 9.08. The molecule has 1 heterocycles. The van der Waals surface area contributed by atoms with Crippen LogP contribution in [0.5, 0.6) is 0 Å². The lowest BCUT2D eigenvalue weighted by molar-refractivity contribution is 0.545. The van der Waals surface area contributed by atoms with Crippen molar-refractivity contribution in [2.75, 3.05) is 0 Å². The first-order valence-electron chi connectivity index (χ1n) is 6.51. The Hall–Kier alpha value is -1.12. The van der Waals surface area contributed by atoms with Gasteiger partial charge < -0.3 is 0 Å². The summed E-state index contributed by atoms with van der Waals surface area (Å²) >= 11 is 12.5. The maximum Gasteiger partial charge on any atom is 0.136 e. The summed E-state index contributed by atoms with van der Waals surface area (Å²) in [5, 5.41) is 1.23. The van der Waals surface area contributed by atoms with E-state index in [0.717, 1.165) is 33.2 Å². The fraction of sp³-hybridized carbons (Fsp3) is 0.375. The van der Waals surface area contributed by atoms with Gasteiger partial charge >= 0.3 is 0 Å². The number of benzene rings is 1. The second-order valence-electron chi connectivity index (χ2n) is 6.03. The van der Waals surface area contributed by atoms with Crippen molar-refractivity contribution in [3.05, 3.63) is 45.3 Å². The van der Waals surface area contributed by atoms with Crippen LogP contribution in [0.3, 0.4) is 0 Å². The van der Waals surface area contributed by atoms with Crippen molar-refractivity contribution in [2.45, 2.75) is 40.0 Å². The fourth-order valence-electron chi connectivity index (χ4n) is 1.85. The minimum atomic E-state index is -0.152. The monoisotopic (exact) mass is 308 g/mol. The van der Waals surface area contributed by atoms with Crippen LogP contribution in [0.2, 0.25) is 10.2 Å². The zero-order chi connectivity index (χ0) is 15.1. The fourth-order valence-corrected chi connectivity index (χ4v) is 2.20. The summed E-state index contributed by atoms with van der Waals surface area (Å²) in [6.45, 7) is 10.1. The van der Waals surface area contributed by atoms with Crippen LogP contribution in [0.4, 0.5) is 0 Å². The number of halogens is 2. The summed E-state index contributed by atoms with van der Waals surface area (Å²) < 4.78 is 0. The van der Waals surface area contributed by atoms with Gasteiger partial charge in [0.1, 0.15) is 11.0 Å². The molecule has 2 rings (SSSR count). The van der Waals surface area contributed by atoms with Crippen molar-refractivity contribution >= 4 is 23.2 Å². The Labute approximate surface area is 130 Å². The topological polar surface area (TPSA) is 25.8 Å². The van der Waals surface area contributed by atoms with Crippen molar-refractivity contribution in [1.29, 1.82) is 0 Å². The van der Waals surface area contributed by atoms with Gasteiger partial charge in [-0.15, -0.1) is 0 Å². The van der Waals surface area contributed by atoms with E-state index < -0.39 is 0 Å². The SMILES string of the molecule is Cc1ccc(-c2nc(C(C)(C)C)nc(Cl)c2C)cc1Cl. The van der Waals surface area contributed by atoms with Gasteiger partial charge in [-0.05, 0) is 25.5 Å². The van der Waals surface area contributed by atoms with Gasteiger partial charge in [0, 0.05) is 21.6 Å². The van der Waals surface area contributed by atoms with Crippen LogP contribution in [0.1, 0.15) is 37.7 Å². The Morgan fingerprint density at radius 2 is 1.65 bits per heavy atom. The number of nitrogens with zero attached hydrogens (tertiary/aromatic N) is 2. The molecule has 0 unspecified atom stereocenters. The van der Waals surface area contributed by atoms with Crippen molar-refractivity contribution in [3.63, 3.8) is 0 Å². The molecule has 0 bridgehead atoms. The standard InChI is InChI=1S/C16H18Cl2N2/c1-9-6-7-11(8-12(9)17)13-10(2)14(18)20-15(19-13)16(3,4)5/h6-8H,1-5H3. The average Bonchev–Trinajstić information content (AvgIpc) is 2.34. The molecule has 0 N–H and O–H groups in total. The predicted octanol–water partition coefficient (Wildman–Crippen LogP) is 5.36. The van der Waals surface area contributed by atoms with E-state index in [-0.39, 0.29) is 5.41 Å². The molecular weight excluding hydrogens is 291 g/mol. The van der Waals surface area contributed by atoms with E-state index >= 15 is 0 Å². The highest BCUT2D eigenvalue weighted by molar-refractivity contribution is 6.32. The van der Waals surface area contributed by atoms with Crippen LogP contribution in [0.15, 0.2) is 18.2 Å². The van der Waals surface area contributed by atoms with Gasteiger partial charge in [0.25, 0.3) is 0 Å². The summed E-state index contributed by atoms with van der Waals surface area (Å²) in [7, 11) is 0. The third-order valence-corrected chi connectivity index (χ3v) is 3.98. The lowest BCUT2D eigenvalue weighted by Gasteiger charge is -2.19. The first-order valence-corrected chi connectivity index (χ1v) is 7.27. The molecule has 0 fully saturated rings. The Morgan fingerprint density at radius 3 is 2.20 bits per heavy atom. The highest BCUT2D eigenvalue weighted by Gasteiger charge is 2.21. The van der Waals surface area contributed by atoms with Crippen LogP contribution in [0, 0.1) is 13.8 Å². The molecule has 20 heavy (non-hydrogen) atoms. The zero-order valence-corrected chi connectivity index (χ0v) is 13.9. The van der Waals surface area contributed by atoms with Gasteiger partial charge in [-0.1, -0.05) is 56.1 Å². The maximum absolute atomic E-state index is 6.26. The van der Waals surface area contributed by atoms with Gasteiger partial charge in [-0.3, -0.25) is 0 Å². The maximum atomic E-state index is 6.26. The van der Waals surface area contributed by atoms with Crippen LogP contribution < -0.4 is 0 Å². The second-order valence-corrected chi connectivity index (χ2v) is 6.79. The number of rotatable bonds is 1. The molecular formula is C16H18Cl2N2. The lowest BCUT2D eigenvalue weighted by atomic mass is 9.95. The Balaban J connectivity index is 2.66. The van der Waals surface area contributed by atoms with Crippen molar-refractivity contribution < 1.29 is 0 Å². The quantitative estimate of drug-likeness (QED) is 0.662. The minimum absolute atomic E-state index is 0.152. The first kappa shape index (κ1) is 15.3. The number of aryl methyl sites for hydroxylation is 1. The molecule has 0 radical (unpaired) electrons. The smallest absolute Gasteiger partial charge is 0.136 e. The van der Waals surface area contributed by atoms with Gasteiger partial charge in [-0.2, -0.15) is 0 Å².